The molecule has 3 rings (SSSR count). The highest BCUT2D eigenvalue weighted by Crippen LogP contribution is 2.45. The number of aliphatic hydroxyl groups excluding tert-OH is 1. The summed E-state index contributed by atoms with van der Waals surface area (Å²) in [5.74, 6) is 0. The van der Waals surface area contributed by atoms with Gasteiger partial charge in [0.05, 0.1) is 12.1 Å². The van der Waals surface area contributed by atoms with Crippen LogP contribution in [0, 0.1) is 0 Å². The smallest absolute Gasteiger partial charge is 0.0715 e. The summed E-state index contributed by atoms with van der Waals surface area (Å²) >= 11 is 0. The molecule has 3 heterocycles. The van der Waals surface area contributed by atoms with E-state index in [-0.39, 0.29) is 12.1 Å². The molecule has 0 saturated carbocycles. The summed E-state index contributed by atoms with van der Waals surface area (Å²) in [6.45, 7) is 2.32. The Balaban J connectivity index is 2.15. The van der Waals surface area contributed by atoms with Crippen LogP contribution in [0.1, 0.15) is 24.0 Å². The number of aliphatic hydroxyl groups is 1. The van der Waals surface area contributed by atoms with E-state index in [1.165, 1.54) is 17.5 Å². The van der Waals surface area contributed by atoms with Gasteiger partial charge in [0.25, 0.3) is 0 Å². The third-order valence-corrected chi connectivity index (χ3v) is 3.66. The van der Waals surface area contributed by atoms with Crippen molar-refractivity contribution in [3.05, 3.63) is 29.6 Å². The van der Waals surface area contributed by atoms with Crippen molar-refractivity contribution in [2.75, 3.05) is 13.2 Å². The average molecular weight is 190 g/mol. The van der Waals surface area contributed by atoms with Gasteiger partial charge in [0.2, 0.25) is 0 Å². The van der Waals surface area contributed by atoms with Crippen LogP contribution in [0.25, 0.3) is 0 Å². The molecular formula is C11H14N2O. The Morgan fingerprint density at radius 2 is 2.50 bits per heavy atom. The monoisotopic (exact) mass is 190 g/mol. The average Bonchev–Trinajstić information content (AvgIpc) is 2.73. The molecule has 14 heavy (non-hydrogen) atoms. The molecule has 1 saturated heterocycles. The zero-order valence-corrected chi connectivity index (χ0v) is 8.11. The van der Waals surface area contributed by atoms with Gasteiger partial charge in [0, 0.05) is 18.9 Å². The predicted octanol–water partition coefficient (Wildman–Crippen LogP) is 0.879. The summed E-state index contributed by atoms with van der Waals surface area (Å²) < 4.78 is 0. The van der Waals surface area contributed by atoms with Crippen molar-refractivity contribution in [1.29, 1.82) is 0 Å². The Labute approximate surface area is 83.4 Å². The van der Waals surface area contributed by atoms with Crippen LogP contribution in [-0.2, 0) is 12.1 Å². The quantitative estimate of drug-likeness (QED) is 0.714. The molecule has 0 amide bonds. The predicted molar refractivity (Wildman–Crippen MR) is 52.6 cm³/mol. The first-order chi connectivity index (χ1) is 6.87. The van der Waals surface area contributed by atoms with Crippen molar-refractivity contribution in [3.63, 3.8) is 0 Å². The van der Waals surface area contributed by atoms with Crippen molar-refractivity contribution < 1.29 is 5.11 Å². The molecule has 3 nitrogen and oxygen atoms in total. The molecule has 1 unspecified atom stereocenters. The summed E-state index contributed by atoms with van der Waals surface area (Å²) in [5.41, 5.74) is 2.50. The van der Waals surface area contributed by atoms with Crippen molar-refractivity contribution in [2.24, 2.45) is 0 Å². The zero-order valence-electron chi connectivity index (χ0n) is 8.11. The highest BCUT2D eigenvalue weighted by atomic mass is 16.3. The van der Waals surface area contributed by atoms with Gasteiger partial charge in [-0.2, -0.15) is 0 Å². The molecule has 1 atom stereocenters. The number of hydrogen-bond acceptors (Lipinski definition) is 3. The second kappa shape index (κ2) is 2.78. The van der Waals surface area contributed by atoms with Gasteiger partial charge in [-0.05, 0) is 36.6 Å². The number of pyridine rings is 1. The highest BCUT2D eigenvalue weighted by molar-refractivity contribution is 5.37. The summed E-state index contributed by atoms with van der Waals surface area (Å²) in [4.78, 5) is 6.56. The van der Waals surface area contributed by atoms with Crippen molar-refractivity contribution in [1.82, 2.24) is 9.88 Å². The number of nitrogens with zero attached hydrogens (tertiary/aromatic N) is 2. The normalized spacial score (nSPS) is 30.4. The third kappa shape index (κ3) is 0.863. The molecule has 1 fully saturated rings. The standard InChI is InChI=1S/C11H14N2O/c14-8-11-3-1-5-13(11)7-9-2-4-12-6-10(9)11/h2,4,6,14H,1,3,5,7-8H2. The van der Waals surface area contributed by atoms with Gasteiger partial charge in [-0.25, -0.2) is 0 Å². The van der Waals surface area contributed by atoms with Gasteiger partial charge in [-0.3, -0.25) is 9.88 Å². The summed E-state index contributed by atoms with van der Waals surface area (Å²) in [6.07, 6.45) is 6.03. The largest absolute Gasteiger partial charge is 0.394 e. The molecule has 0 bridgehead atoms. The van der Waals surface area contributed by atoms with Gasteiger partial charge in [-0.15, -0.1) is 0 Å². The maximum Gasteiger partial charge on any atom is 0.0715 e. The Morgan fingerprint density at radius 3 is 3.36 bits per heavy atom. The van der Waals surface area contributed by atoms with Crippen molar-refractivity contribution >= 4 is 0 Å². The SMILES string of the molecule is OCC12CCCN1Cc1ccncc12. The maximum absolute atomic E-state index is 9.60. The molecule has 1 N–H and O–H groups in total. The topological polar surface area (TPSA) is 36.4 Å². The van der Waals surface area contributed by atoms with Crippen LogP contribution in [0.2, 0.25) is 0 Å². The third-order valence-electron chi connectivity index (χ3n) is 3.66. The van der Waals surface area contributed by atoms with Crippen LogP contribution < -0.4 is 0 Å². The molecule has 74 valence electrons. The van der Waals surface area contributed by atoms with Crippen LogP contribution in [0.3, 0.4) is 0 Å². The molecule has 3 heteroatoms. The van der Waals surface area contributed by atoms with Gasteiger partial charge in [-0.1, -0.05) is 0 Å². The molecule has 0 aliphatic carbocycles. The molecule has 2 aliphatic heterocycles. The Hall–Kier alpha value is -0.930. The highest BCUT2D eigenvalue weighted by Gasteiger charge is 2.47. The zero-order chi connectivity index (χ0) is 9.60. The van der Waals surface area contributed by atoms with Crippen LogP contribution in [0.4, 0.5) is 0 Å². The van der Waals surface area contributed by atoms with E-state index in [1.807, 2.05) is 12.4 Å². The molecule has 0 spiro atoms. The van der Waals surface area contributed by atoms with E-state index in [4.69, 9.17) is 0 Å². The number of fused-ring (bicyclic) bond motifs is 3. The van der Waals surface area contributed by atoms with Gasteiger partial charge >= 0.3 is 0 Å². The van der Waals surface area contributed by atoms with E-state index < -0.39 is 0 Å². The lowest BCUT2D eigenvalue weighted by Crippen LogP contribution is -2.38. The van der Waals surface area contributed by atoms with Crippen LogP contribution in [0.15, 0.2) is 18.5 Å². The van der Waals surface area contributed by atoms with Gasteiger partial charge in [0.15, 0.2) is 0 Å². The second-order valence-corrected chi connectivity index (χ2v) is 4.25. The summed E-state index contributed by atoms with van der Waals surface area (Å²) in [7, 11) is 0. The first-order valence-electron chi connectivity index (χ1n) is 5.16. The minimum absolute atomic E-state index is 0.0937. The summed E-state index contributed by atoms with van der Waals surface area (Å²) in [6, 6.07) is 2.07. The van der Waals surface area contributed by atoms with Gasteiger partial charge < -0.3 is 5.11 Å². The first kappa shape index (κ1) is 8.38. The summed E-state index contributed by atoms with van der Waals surface area (Å²) in [5, 5.41) is 9.60. The van der Waals surface area contributed by atoms with E-state index in [0.29, 0.717) is 0 Å². The fraction of sp³-hybridized carbons (Fsp3) is 0.545. The lowest BCUT2D eigenvalue weighted by molar-refractivity contribution is 0.0751. The lowest BCUT2D eigenvalue weighted by atomic mass is 9.90. The number of rotatable bonds is 1. The molecule has 0 aromatic carbocycles. The van der Waals surface area contributed by atoms with E-state index in [2.05, 4.69) is 16.0 Å². The fourth-order valence-electron chi connectivity index (χ4n) is 2.92. The van der Waals surface area contributed by atoms with Crippen LogP contribution in [0.5, 0.6) is 0 Å². The van der Waals surface area contributed by atoms with E-state index in [0.717, 1.165) is 19.5 Å². The molecule has 1 aromatic heterocycles. The molecular weight excluding hydrogens is 176 g/mol. The van der Waals surface area contributed by atoms with Crippen LogP contribution >= 0.6 is 0 Å². The fourth-order valence-corrected chi connectivity index (χ4v) is 2.92. The second-order valence-electron chi connectivity index (χ2n) is 4.25. The number of hydrogen-bond donors (Lipinski definition) is 1. The van der Waals surface area contributed by atoms with Crippen molar-refractivity contribution in [3.8, 4) is 0 Å². The lowest BCUT2D eigenvalue weighted by Gasteiger charge is -2.30. The van der Waals surface area contributed by atoms with Gasteiger partial charge in [0.1, 0.15) is 0 Å². The maximum atomic E-state index is 9.60. The Kier molecular flexibility index (Phi) is 1.66. The Bertz CT molecular complexity index is 366. The van der Waals surface area contributed by atoms with E-state index in [9.17, 15) is 5.11 Å². The minimum Gasteiger partial charge on any atom is -0.394 e. The number of aromatic nitrogens is 1. The van der Waals surface area contributed by atoms with E-state index >= 15 is 0 Å². The molecule has 2 aliphatic rings. The van der Waals surface area contributed by atoms with E-state index in [1.54, 1.807) is 0 Å². The molecule has 1 aromatic rings. The first-order valence-corrected chi connectivity index (χ1v) is 5.16. The Morgan fingerprint density at radius 1 is 1.57 bits per heavy atom. The minimum atomic E-state index is -0.0937. The van der Waals surface area contributed by atoms with Crippen molar-refractivity contribution in [2.45, 2.75) is 24.9 Å². The van der Waals surface area contributed by atoms with Crippen LogP contribution in [-0.4, -0.2) is 28.1 Å². The molecule has 0 radical (unpaired) electrons.